The number of oxime groups is 1. The molecule has 0 radical (unpaired) electrons. The Morgan fingerprint density at radius 3 is 2.94 bits per heavy atom. The van der Waals surface area contributed by atoms with Gasteiger partial charge >= 0.3 is 0 Å². The predicted octanol–water partition coefficient (Wildman–Crippen LogP) is 1.07. The van der Waals surface area contributed by atoms with Crippen LogP contribution in [0, 0.1) is 0 Å². The number of benzene rings is 1. The lowest BCUT2D eigenvalue weighted by molar-refractivity contribution is 0.318. The molecule has 3 N–H and O–H groups in total. The second-order valence-corrected chi connectivity index (χ2v) is 3.75. The Bertz CT molecular complexity index is 551. The Kier molecular flexibility index (Phi) is 3.24. The van der Waals surface area contributed by atoms with Crippen LogP contribution >= 0.6 is 11.6 Å². The number of amidine groups is 1. The quantitative estimate of drug-likeness (QED) is 0.370. The molecule has 0 amide bonds. The van der Waals surface area contributed by atoms with Crippen LogP contribution in [0.2, 0.25) is 5.02 Å². The van der Waals surface area contributed by atoms with Gasteiger partial charge in [-0.25, -0.2) is 9.67 Å². The molecular formula is C10H10ClN5O. The third-order valence-electron chi connectivity index (χ3n) is 2.16. The molecule has 0 spiro atoms. The number of hydrogen-bond acceptors (Lipinski definition) is 4. The maximum absolute atomic E-state index is 8.48. The minimum Gasteiger partial charge on any atom is -0.409 e. The summed E-state index contributed by atoms with van der Waals surface area (Å²) >= 11 is 6.02. The summed E-state index contributed by atoms with van der Waals surface area (Å²) in [4.78, 5) is 3.91. The van der Waals surface area contributed by atoms with E-state index in [0.717, 1.165) is 5.56 Å². The molecule has 0 aliphatic heterocycles. The number of hydrogen-bond donors (Lipinski definition) is 2. The van der Waals surface area contributed by atoms with Gasteiger partial charge in [-0.1, -0.05) is 35.0 Å². The molecule has 7 heteroatoms. The zero-order valence-electron chi connectivity index (χ0n) is 8.79. The Hall–Kier alpha value is -2.08. The Morgan fingerprint density at radius 2 is 2.24 bits per heavy atom. The lowest BCUT2D eigenvalue weighted by atomic mass is 10.2. The maximum atomic E-state index is 8.48. The standard InChI is InChI=1S/C10H10ClN5O/c11-8-4-2-1-3-7(8)5-16-6-13-10(14-16)9(12)15-17/h1-4,6,17H,5H2,(H2,12,15). The minimum absolute atomic E-state index is 0.122. The van der Waals surface area contributed by atoms with Crippen LogP contribution in [0.3, 0.4) is 0 Å². The van der Waals surface area contributed by atoms with Crippen molar-refractivity contribution in [3.8, 4) is 0 Å². The summed E-state index contributed by atoms with van der Waals surface area (Å²) in [6.07, 6.45) is 1.50. The van der Waals surface area contributed by atoms with E-state index in [2.05, 4.69) is 15.2 Å². The van der Waals surface area contributed by atoms with Crippen LogP contribution in [0.4, 0.5) is 0 Å². The van der Waals surface area contributed by atoms with Gasteiger partial charge in [0.15, 0.2) is 0 Å². The second kappa shape index (κ2) is 4.84. The highest BCUT2D eigenvalue weighted by atomic mass is 35.5. The Morgan fingerprint density at radius 1 is 1.47 bits per heavy atom. The van der Waals surface area contributed by atoms with Crippen molar-refractivity contribution in [3.63, 3.8) is 0 Å². The first kappa shape index (κ1) is 11.4. The molecule has 0 fully saturated rings. The highest BCUT2D eigenvalue weighted by Crippen LogP contribution is 2.15. The van der Waals surface area contributed by atoms with Crippen LogP contribution in [0.25, 0.3) is 0 Å². The van der Waals surface area contributed by atoms with Gasteiger partial charge in [-0.2, -0.15) is 0 Å². The number of nitrogens with two attached hydrogens (primary N) is 1. The van der Waals surface area contributed by atoms with E-state index in [9.17, 15) is 0 Å². The molecule has 17 heavy (non-hydrogen) atoms. The van der Waals surface area contributed by atoms with Crippen LogP contribution < -0.4 is 5.73 Å². The van der Waals surface area contributed by atoms with Gasteiger partial charge < -0.3 is 10.9 Å². The summed E-state index contributed by atoms with van der Waals surface area (Å²) in [7, 11) is 0. The first-order chi connectivity index (χ1) is 8.20. The van der Waals surface area contributed by atoms with E-state index in [-0.39, 0.29) is 11.7 Å². The highest BCUT2D eigenvalue weighted by Gasteiger charge is 2.07. The summed E-state index contributed by atoms with van der Waals surface area (Å²) in [5.41, 5.74) is 6.29. The lowest BCUT2D eigenvalue weighted by Crippen LogP contribution is -2.15. The van der Waals surface area contributed by atoms with Crippen LogP contribution in [-0.2, 0) is 6.54 Å². The summed E-state index contributed by atoms with van der Waals surface area (Å²) < 4.78 is 1.56. The zero-order valence-corrected chi connectivity index (χ0v) is 9.54. The van der Waals surface area contributed by atoms with E-state index >= 15 is 0 Å². The predicted molar refractivity (Wildman–Crippen MR) is 63.1 cm³/mol. The van der Waals surface area contributed by atoms with Crippen molar-refractivity contribution in [2.75, 3.05) is 0 Å². The summed E-state index contributed by atoms with van der Waals surface area (Å²) in [6.45, 7) is 0.478. The topological polar surface area (TPSA) is 89.3 Å². The smallest absolute Gasteiger partial charge is 0.219 e. The zero-order chi connectivity index (χ0) is 12.3. The molecule has 1 aromatic heterocycles. The average Bonchev–Trinajstić information content (AvgIpc) is 2.80. The van der Waals surface area contributed by atoms with Crippen molar-refractivity contribution in [3.05, 3.63) is 47.0 Å². The van der Waals surface area contributed by atoms with Crippen molar-refractivity contribution >= 4 is 17.4 Å². The molecule has 0 saturated heterocycles. The largest absolute Gasteiger partial charge is 0.409 e. The molecule has 0 aliphatic carbocycles. The SMILES string of the molecule is NC(=NO)c1ncn(Cc2ccccc2Cl)n1. The first-order valence-corrected chi connectivity index (χ1v) is 5.19. The fraction of sp³-hybridized carbons (Fsp3) is 0.100. The van der Waals surface area contributed by atoms with Crippen LogP contribution in [-0.4, -0.2) is 25.8 Å². The normalized spacial score (nSPS) is 11.7. The van der Waals surface area contributed by atoms with E-state index in [1.54, 1.807) is 10.7 Å². The monoisotopic (exact) mass is 251 g/mol. The molecule has 1 aromatic carbocycles. The van der Waals surface area contributed by atoms with E-state index in [1.807, 2.05) is 18.2 Å². The molecule has 1 heterocycles. The van der Waals surface area contributed by atoms with E-state index < -0.39 is 0 Å². The van der Waals surface area contributed by atoms with E-state index in [1.165, 1.54) is 6.33 Å². The molecule has 6 nitrogen and oxygen atoms in total. The first-order valence-electron chi connectivity index (χ1n) is 4.81. The van der Waals surface area contributed by atoms with Crippen molar-refractivity contribution in [1.82, 2.24) is 14.8 Å². The second-order valence-electron chi connectivity index (χ2n) is 3.34. The number of rotatable bonds is 3. The number of nitrogens with zero attached hydrogens (tertiary/aromatic N) is 4. The van der Waals surface area contributed by atoms with Gasteiger partial charge in [0.25, 0.3) is 0 Å². The maximum Gasteiger partial charge on any atom is 0.219 e. The Balaban J connectivity index is 2.20. The van der Waals surface area contributed by atoms with E-state index in [4.69, 9.17) is 22.5 Å². The van der Waals surface area contributed by atoms with E-state index in [0.29, 0.717) is 11.6 Å². The van der Waals surface area contributed by atoms with Crippen LogP contribution in [0.1, 0.15) is 11.4 Å². The molecular weight excluding hydrogens is 242 g/mol. The molecule has 2 aromatic rings. The molecule has 88 valence electrons. The fourth-order valence-electron chi connectivity index (χ4n) is 1.33. The van der Waals surface area contributed by atoms with Gasteiger partial charge in [-0.05, 0) is 11.6 Å². The summed E-state index contributed by atoms with van der Waals surface area (Å²) in [5, 5.41) is 16.0. The summed E-state index contributed by atoms with van der Waals surface area (Å²) in [5.74, 6) is 0.0578. The van der Waals surface area contributed by atoms with Gasteiger partial charge in [0.05, 0.1) is 6.54 Å². The van der Waals surface area contributed by atoms with Crippen molar-refractivity contribution in [2.45, 2.75) is 6.54 Å². The van der Waals surface area contributed by atoms with Gasteiger partial charge in [-0.3, -0.25) is 0 Å². The van der Waals surface area contributed by atoms with Crippen LogP contribution in [0.15, 0.2) is 35.7 Å². The van der Waals surface area contributed by atoms with Crippen molar-refractivity contribution in [2.24, 2.45) is 10.9 Å². The van der Waals surface area contributed by atoms with Crippen molar-refractivity contribution in [1.29, 1.82) is 0 Å². The number of halogens is 1. The third-order valence-corrected chi connectivity index (χ3v) is 2.53. The molecule has 2 rings (SSSR count). The minimum atomic E-state index is -0.122. The molecule has 0 unspecified atom stereocenters. The molecule has 0 aliphatic rings. The van der Waals surface area contributed by atoms with Gasteiger partial charge in [0.1, 0.15) is 6.33 Å². The molecule has 0 atom stereocenters. The van der Waals surface area contributed by atoms with Crippen molar-refractivity contribution < 1.29 is 5.21 Å². The highest BCUT2D eigenvalue weighted by molar-refractivity contribution is 6.31. The molecule has 0 saturated carbocycles. The third kappa shape index (κ3) is 2.54. The van der Waals surface area contributed by atoms with Gasteiger partial charge in [0.2, 0.25) is 11.7 Å². The fourth-order valence-corrected chi connectivity index (χ4v) is 1.53. The van der Waals surface area contributed by atoms with Gasteiger partial charge in [0, 0.05) is 5.02 Å². The van der Waals surface area contributed by atoms with Crippen LogP contribution in [0.5, 0.6) is 0 Å². The average molecular weight is 252 g/mol. The number of aromatic nitrogens is 3. The molecule has 0 bridgehead atoms. The van der Waals surface area contributed by atoms with Gasteiger partial charge in [-0.15, -0.1) is 5.10 Å². The summed E-state index contributed by atoms with van der Waals surface area (Å²) in [6, 6.07) is 7.45. The Labute approximate surface area is 102 Å². The lowest BCUT2D eigenvalue weighted by Gasteiger charge is -2.02.